The molecule has 2 aliphatic carbocycles. The van der Waals surface area contributed by atoms with E-state index in [2.05, 4.69) is 22.2 Å². The molecule has 0 aliphatic heterocycles. The molecule has 0 saturated heterocycles. The van der Waals surface area contributed by atoms with Gasteiger partial charge in [-0.05, 0) is 43.4 Å². The number of nitrogens with zero attached hydrogens (tertiary/aromatic N) is 2. The third-order valence-corrected chi connectivity index (χ3v) is 5.53. The quantitative estimate of drug-likeness (QED) is 0.908. The highest BCUT2D eigenvalue weighted by Gasteiger charge is 2.43. The molecule has 2 fully saturated rings. The first-order valence-corrected chi connectivity index (χ1v) is 8.34. The molecule has 1 aromatic rings. The van der Waals surface area contributed by atoms with Crippen molar-refractivity contribution in [3.63, 3.8) is 0 Å². The molecule has 1 aromatic heterocycles. The van der Waals surface area contributed by atoms with Crippen LogP contribution in [0.25, 0.3) is 0 Å². The van der Waals surface area contributed by atoms with Crippen LogP contribution < -0.4 is 10.1 Å². The zero-order chi connectivity index (χ0) is 15.5. The van der Waals surface area contributed by atoms with Crippen LogP contribution in [0.15, 0.2) is 12.4 Å². The Morgan fingerprint density at radius 2 is 2.05 bits per heavy atom. The summed E-state index contributed by atoms with van der Waals surface area (Å²) in [6, 6.07) is 0. The van der Waals surface area contributed by atoms with Crippen LogP contribution in [0.1, 0.15) is 44.7 Å². The van der Waals surface area contributed by atoms with Crippen molar-refractivity contribution in [1.29, 1.82) is 0 Å². The molecule has 3 rings (SSSR count). The third-order valence-electron chi connectivity index (χ3n) is 5.53. The lowest BCUT2D eigenvalue weighted by Crippen LogP contribution is -2.38. The summed E-state index contributed by atoms with van der Waals surface area (Å²) < 4.78 is 5.18. The number of hydrogen-bond acceptors (Lipinski definition) is 4. The number of fused-ring (bicyclic) bond motifs is 2. The van der Waals surface area contributed by atoms with Crippen LogP contribution in [0.4, 0.5) is 0 Å². The molecule has 2 bridgehead atoms. The number of nitrogens with one attached hydrogen (secondary N) is 1. The fourth-order valence-electron chi connectivity index (χ4n) is 4.33. The largest absolute Gasteiger partial charge is 0.480 e. The SMILES string of the molecule is CCC1CC(C(=O)NCc2nccnc2OC)C2CCC1C2. The maximum atomic E-state index is 12.6. The number of carbonyl (C=O) groups excluding carboxylic acids is 1. The summed E-state index contributed by atoms with van der Waals surface area (Å²) in [4.78, 5) is 21.0. The highest BCUT2D eigenvalue weighted by molar-refractivity contribution is 5.79. The Bertz CT molecular complexity index is 534. The van der Waals surface area contributed by atoms with E-state index in [1.807, 2.05) is 0 Å². The second-order valence-corrected chi connectivity index (χ2v) is 6.57. The maximum Gasteiger partial charge on any atom is 0.237 e. The van der Waals surface area contributed by atoms with Gasteiger partial charge in [-0.1, -0.05) is 13.3 Å². The lowest BCUT2D eigenvalue weighted by molar-refractivity contribution is -0.128. The van der Waals surface area contributed by atoms with Gasteiger partial charge in [-0.2, -0.15) is 0 Å². The van der Waals surface area contributed by atoms with E-state index in [-0.39, 0.29) is 11.8 Å². The molecular formula is C17H25N3O2. The third kappa shape index (κ3) is 2.94. The predicted molar refractivity (Wildman–Crippen MR) is 83.1 cm³/mol. The number of amides is 1. The normalized spacial score (nSPS) is 30.1. The Balaban J connectivity index is 1.62. The summed E-state index contributed by atoms with van der Waals surface area (Å²) in [6.45, 7) is 2.64. The van der Waals surface area contributed by atoms with E-state index < -0.39 is 0 Å². The Labute approximate surface area is 131 Å². The summed E-state index contributed by atoms with van der Waals surface area (Å²) in [5.41, 5.74) is 0.686. The topological polar surface area (TPSA) is 64.1 Å². The summed E-state index contributed by atoms with van der Waals surface area (Å²) in [5.74, 6) is 3.00. The van der Waals surface area contributed by atoms with Crippen molar-refractivity contribution in [3.05, 3.63) is 18.1 Å². The molecule has 4 atom stereocenters. The van der Waals surface area contributed by atoms with Crippen molar-refractivity contribution < 1.29 is 9.53 Å². The molecule has 2 aliphatic rings. The van der Waals surface area contributed by atoms with Crippen LogP contribution in [-0.4, -0.2) is 23.0 Å². The van der Waals surface area contributed by atoms with Gasteiger partial charge in [0.05, 0.1) is 13.7 Å². The van der Waals surface area contributed by atoms with E-state index in [0.29, 0.717) is 24.0 Å². The molecule has 4 unspecified atom stereocenters. The smallest absolute Gasteiger partial charge is 0.237 e. The molecule has 0 spiro atoms. The minimum atomic E-state index is 0.173. The Hall–Kier alpha value is -1.65. The predicted octanol–water partition coefficient (Wildman–Crippen LogP) is 2.56. The molecule has 2 saturated carbocycles. The summed E-state index contributed by atoms with van der Waals surface area (Å²) in [5, 5.41) is 3.05. The van der Waals surface area contributed by atoms with Crippen molar-refractivity contribution >= 4 is 5.91 Å². The van der Waals surface area contributed by atoms with Crippen LogP contribution in [0, 0.1) is 23.7 Å². The van der Waals surface area contributed by atoms with Crippen LogP contribution >= 0.6 is 0 Å². The van der Waals surface area contributed by atoms with Gasteiger partial charge in [0.2, 0.25) is 11.8 Å². The second kappa shape index (κ2) is 6.63. The van der Waals surface area contributed by atoms with Crippen LogP contribution in [-0.2, 0) is 11.3 Å². The lowest BCUT2D eigenvalue weighted by Gasteiger charge is -2.34. The number of aromatic nitrogens is 2. The fourth-order valence-corrected chi connectivity index (χ4v) is 4.33. The molecule has 1 heterocycles. The first-order valence-electron chi connectivity index (χ1n) is 8.34. The molecule has 120 valence electrons. The molecule has 5 heteroatoms. The number of hydrogen-bond donors (Lipinski definition) is 1. The average molecular weight is 303 g/mol. The van der Waals surface area contributed by atoms with E-state index in [0.717, 1.165) is 18.3 Å². The van der Waals surface area contributed by atoms with Gasteiger partial charge in [-0.25, -0.2) is 4.98 Å². The van der Waals surface area contributed by atoms with Gasteiger partial charge in [-0.15, -0.1) is 0 Å². The van der Waals surface area contributed by atoms with Gasteiger partial charge >= 0.3 is 0 Å². The second-order valence-electron chi connectivity index (χ2n) is 6.57. The number of carbonyl (C=O) groups is 1. The zero-order valence-corrected chi connectivity index (χ0v) is 13.4. The molecule has 1 amide bonds. The van der Waals surface area contributed by atoms with Gasteiger partial charge in [0.15, 0.2) is 0 Å². The standard InChI is InChI=1S/C17H25N3O2/c1-3-11-9-14(13-5-4-12(11)8-13)16(21)20-10-15-17(22-2)19-7-6-18-15/h6-7,11-14H,3-5,8-10H2,1-2H3,(H,20,21). The highest BCUT2D eigenvalue weighted by atomic mass is 16.5. The fraction of sp³-hybridized carbons (Fsp3) is 0.706. The van der Waals surface area contributed by atoms with Crippen molar-refractivity contribution in [2.45, 2.75) is 45.6 Å². The van der Waals surface area contributed by atoms with Crippen LogP contribution in [0.3, 0.4) is 0 Å². The molecule has 5 nitrogen and oxygen atoms in total. The molecule has 0 radical (unpaired) electrons. The molecule has 1 N–H and O–H groups in total. The van der Waals surface area contributed by atoms with E-state index in [9.17, 15) is 4.79 Å². The zero-order valence-electron chi connectivity index (χ0n) is 13.4. The van der Waals surface area contributed by atoms with E-state index in [1.54, 1.807) is 19.5 Å². The van der Waals surface area contributed by atoms with Crippen molar-refractivity contribution in [1.82, 2.24) is 15.3 Å². The van der Waals surface area contributed by atoms with Gasteiger partial charge in [0, 0.05) is 18.3 Å². The van der Waals surface area contributed by atoms with Crippen LogP contribution in [0.2, 0.25) is 0 Å². The minimum absolute atomic E-state index is 0.173. The Kier molecular flexibility index (Phi) is 4.60. The monoisotopic (exact) mass is 303 g/mol. The molecule has 22 heavy (non-hydrogen) atoms. The summed E-state index contributed by atoms with van der Waals surface area (Å²) in [7, 11) is 1.57. The first-order chi connectivity index (χ1) is 10.7. The van der Waals surface area contributed by atoms with E-state index >= 15 is 0 Å². The molecular weight excluding hydrogens is 278 g/mol. The van der Waals surface area contributed by atoms with Gasteiger partial charge in [0.1, 0.15) is 5.69 Å². The Morgan fingerprint density at radius 1 is 1.27 bits per heavy atom. The number of ether oxygens (including phenoxy) is 1. The maximum absolute atomic E-state index is 12.6. The van der Waals surface area contributed by atoms with Gasteiger partial charge in [0.25, 0.3) is 0 Å². The van der Waals surface area contributed by atoms with Gasteiger partial charge in [-0.3, -0.25) is 9.78 Å². The highest BCUT2D eigenvalue weighted by Crippen LogP contribution is 2.49. The number of methoxy groups -OCH3 is 1. The van der Waals surface area contributed by atoms with E-state index in [1.165, 1.54) is 25.7 Å². The summed E-state index contributed by atoms with van der Waals surface area (Å²) in [6.07, 6.45) is 9.23. The van der Waals surface area contributed by atoms with Crippen molar-refractivity contribution in [2.24, 2.45) is 23.7 Å². The van der Waals surface area contributed by atoms with Crippen molar-refractivity contribution in [2.75, 3.05) is 7.11 Å². The average Bonchev–Trinajstić information content (AvgIpc) is 2.97. The minimum Gasteiger partial charge on any atom is -0.480 e. The molecule has 0 aromatic carbocycles. The van der Waals surface area contributed by atoms with E-state index in [4.69, 9.17) is 4.74 Å². The van der Waals surface area contributed by atoms with Gasteiger partial charge < -0.3 is 10.1 Å². The first kappa shape index (κ1) is 15.3. The Morgan fingerprint density at radius 3 is 2.82 bits per heavy atom. The van der Waals surface area contributed by atoms with Crippen molar-refractivity contribution in [3.8, 4) is 5.88 Å². The summed E-state index contributed by atoms with van der Waals surface area (Å²) >= 11 is 0. The van der Waals surface area contributed by atoms with Crippen LogP contribution in [0.5, 0.6) is 5.88 Å². The lowest BCUT2D eigenvalue weighted by atomic mass is 9.72. The number of rotatable bonds is 5.